The van der Waals surface area contributed by atoms with Crippen molar-refractivity contribution in [3.8, 4) is 5.75 Å². The van der Waals surface area contributed by atoms with E-state index < -0.39 is 24.5 Å². The number of hydrogen-bond acceptors (Lipinski definition) is 5. The number of amides is 1. The van der Waals surface area contributed by atoms with Crippen molar-refractivity contribution in [1.29, 1.82) is 0 Å². The Labute approximate surface area is 104 Å². The summed E-state index contributed by atoms with van der Waals surface area (Å²) in [5.74, 6) is -1.16. The Morgan fingerprint density at radius 1 is 1.44 bits per heavy atom. The quantitative estimate of drug-likeness (QED) is 0.654. The molecule has 6 heteroatoms. The van der Waals surface area contributed by atoms with Crippen LogP contribution in [0.5, 0.6) is 5.75 Å². The molecule has 0 radical (unpaired) electrons. The van der Waals surface area contributed by atoms with Gasteiger partial charge in [-0.05, 0) is 30.7 Å². The van der Waals surface area contributed by atoms with Crippen LogP contribution in [-0.4, -0.2) is 41.8 Å². The summed E-state index contributed by atoms with van der Waals surface area (Å²) in [4.78, 5) is 23.0. The zero-order valence-corrected chi connectivity index (χ0v) is 10.1. The van der Waals surface area contributed by atoms with E-state index in [0.717, 1.165) is 0 Å². The number of esters is 1. The van der Waals surface area contributed by atoms with Gasteiger partial charge in [0.2, 0.25) is 0 Å². The second-order valence-corrected chi connectivity index (χ2v) is 3.73. The maximum atomic E-state index is 11.8. The Balaban J connectivity index is 2.81. The largest absolute Gasteiger partial charge is 0.508 e. The summed E-state index contributed by atoms with van der Waals surface area (Å²) < 4.78 is 4.43. The fourth-order valence-corrected chi connectivity index (χ4v) is 1.36. The number of rotatable bonds is 4. The number of aromatic hydroxyl groups is 1. The zero-order valence-electron chi connectivity index (χ0n) is 10.1. The van der Waals surface area contributed by atoms with Gasteiger partial charge >= 0.3 is 5.97 Å². The van der Waals surface area contributed by atoms with E-state index >= 15 is 0 Å². The first-order chi connectivity index (χ1) is 8.49. The van der Waals surface area contributed by atoms with Crippen LogP contribution in [-0.2, 0) is 9.53 Å². The summed E-state index contributed by atoms with van der Waals surface area (Å²) in [5, 5.41) is 20.6. The number of phenols is 1. The third-order valence-corrected chi connectivity index (χ3v) is 2.43. The molecule has 1 unspecified atom stereocenters. The van der Waals surface area contributed by atoms with Crippen molar-refractivity contribution in [2.24, 2.45) is 0 Å². The minimum absolute atomic E-state index is 0.0817. The number of aryl methyl sites for hydroxylation is 1. The van der Waals surface area contributed by atoms with Gasteiger partial charge in [0.25, 0.3) is 5.91 Å². The number of aliphatic hydroxyl groups excluding tert-OH is 1. The normalized spacial score (nSPS) is 11.7. The molecule has 3 N–H and O–H groups in total. The second-order valence-electron chi connectivity index (χ2n) is 3.73. The number of nitrogens with one attached hydrogen (secondary N) is 1. The van der Waals surface area contributed by atoms with Crippen LogP contribution in [0.4, 0.5) is 0 Å². The van der Waals surface area contributed by atoms with Crippen LogP contribution in [0.15, 0.2) is 18.2 Å². The summed E-state index contributed by atoms with van der Waals surface area (Å²) >= 11 is 0. The van der Waals surface area contributed by atoms with E-state index in [1.54, 1.807) is 6.92 Å². The Bertz CT molecular complexity index is 458. The molecule has 0 saturated heterocycles. The van der Waals surface area contributed by atoms with Crippen molar-refractivity contribution < 1.29 is 24.5 Å². The monoisotopic (exact) mass is 253 g/mol. The molecule has 0 aliphatic heterocycles. The van der Waals surface area contributed by atoms with Crippen molar-refractivity contribution >= 4 is 11.9 Å². The average Bonchev–Trinajstić information content (AvgIpc) is 2.37. The lowest BCUT2D eigenvalue weighted by Crippen LogP contribution is -2.44. The molecule has 0 fully saturated rings. The lowest BCUT2D eigenvalue weighted by molar-refractivity contribution is -0.143. The molecule has 1 amide bonds. The molecule has 1 atom stereocenters. The molecule has 0 aliphatic rings. The molecule has 1 aromatic rings. The standard InChI is InChI=1S/C12H15NO5/c1-7-5-8(3-4-10(7)15)11(16)13-9(6-14)12(17)18-2/h3-5,9,14-15H,6H2,1-2H3,(H,13,16). The van der Waals surface area contributed by atoms with Gasteiger partial charge in [0.15, 0.2) is 6.04 Å². The summed E-state index contributed by atoms with van der Waals surface area (Å²) in [6, 6.07) is 3.19. The number of carbonyl (C=O) groups is 2. The fraction of sp³-hybridized carbons (Fsp3) is 0.333. The Kier molecular flexibility index (Phi) is 4.67. The van der Waals surface area contributed by atoms with Gasteiger partial charge in [-0.25, -0.2) is 4.79 Å². The Morgan fingerprint density at radius 2 is 2.11 bits per heavy atom. The highest BCUT2D eigenvalue weighted by Crippen LogP contribution is 2.16. The number of benzene rings is 1. The van der Waals surface area contributed by atoms with Gasteiger partial charge in [-0.2, -0.15) is 0 Å². The van der Waals surface area contributed by atoms with Crippen molar-refractivity contribution in [3.05, 3.63) is 29.3 Å². The van der Waals surface area contributed by atoms with Crippen LogP contribution in [0.1, 0.15) is 15.9 Å². The van der Waals surface area contributed by atoms with Gasteiger partial charge < -0.3 is 20.3 Å². The van der Waals surface area contributed by atoms with Gasteiger partial charge in [-0.15, -0.1) is 0 Å². The summed E-state index contributed by atoms with van der Waals surface area (Å²) in [5.41, 5.74) is 0.828. The maximum absolute atomic E-state index is 11.8. The molecule has 1 aromatic carbocycles. The van der Waals surface area contributed by atoms with Crippen molar-refractivity contribution in [2.75, 3.05) is 13.7 Å². The van der Waals surface area contributed by atoms with Crippen LogP contribution < -0.4 is 5.32 Å². The molecule has 1 rings (SSSR count). The number of hydrogen-bond donors (Lipinski definition) is 3. The first-order valence-corrected chi connectivity index (χ1v) is 5.28. The van der Waals surface area contributed by atoms with E-state index in [0.29, 0.717) is 5.56 Å². The predicted molar refractivity (Wildman–Crippen MR) is 63.2 cm³/mol. The molecule has 98 valence electrons. The minimum atomic E-state index is -1.10. The smallest absolute Gasteiger partial charge is 0.330 e. The predicted octanol–water partition coefficient (Wildman–Crippen LogP) is -0.0357. The van der Waals surface area contributed by atoms with E-state index in [1.807, 2.05) is 0 Å². The van der Waals surface area contributed by atoms with Crippen LogP contribution >= 0.6 is 0 Å². The number of phenolic OH excluding ortho intramolecular Hbond substituents is 1. The minimum Gasteiger partial charge on any atom is -0.508 e. The lowest BCUT2D eigenvalue weighted by Gasteiger charge is -2.14. The lowest BCUT2D eigenvalue weighted by atomic mass is 10.1. The van der Waals surface area contributed by atoms with Gasteiger partial charge in [0, 0.05) is 5.56 Å². The van der Waals surface area contributed by atoms with Crippen LogP contribution in [0.2, 0.25) is 0 Å². The summed E-state index contributed by atoms with van der Waals surface area (Å²) in [7, 11) is 1.17. The molecule has 0 saturated carbocycles. The third-order valence-electron chi connectivity index (χ3n) is 2.43. The molecule has 0 aromatic heterocycles. The Morgan fingerprint density at radius 3 is 2.61 bits per heavy atom. The molecule has 6 nitrogen and oxygen atoms in total. The topological polar surface area (TPSA) is 95.9 Å². The highest BCUT2D eigenvalue weighted by molar-refractivity contribution is 5.97. The number of aliphatic hydroxyl groups is 1. The van der Waals surface area contributed by atoms with E-state index in [1.165, 1.54) is 25.3 Å². The first-order valence-electron chi connectivity index (χ1n) is 5.28. The molecular formula is C12H15NO5. The van der Waals surface area contributed by atoms with Gasteiger partial charge in [0.1, 0.15) is 5.75 Å². The number of ether oxygens (including phenoxy) is 1. The van der Waals surface area contributed by atoms with Crippen molar-refractivity contribution in [1.82, 2.24) is 5.32 Å². The number of carbonyl (C=O) groups excluding carboxylic acids is 2. The molecule has 0 heterocycles. The molecule has 0 bridgehead atoms. The van der Waals surface area contributed by atoms with E-state index in [4.69, 9.17) is 5.11 Å². The zero-order chi connectivity index (χ0) is 13.7. The van der Waals surface area contributed by atoms with Crippen molar-refractivity contribution in [3.63, 3.8) is 0 Å². The van der Waals surface area contributed by atoms with Crippen LogP contribution in [0.25, 0.3) is 0 Å². The van der Waals surface area contributed by atoms with Crippen molar-refractivity contribution in [2.45, 2.75) is 13.0 Å². The SMILES string of the molecule is COC(=O)C(CO)NC(=O)c1ccc(O)c(C)c1. The highest BCUT2D eigenvalue weighted by Gasteiger charge is 2.21. The summed E-state index contributed by atoms with van der Waals surface area (Å²) in [6.07, 6.45) is 0. The highest BCUT2D eigenvalue weighted by atomic mass is 16.5. The van der Waals surface area contributed by atoms with E-state index in [2.05, 4.69) is 10.1 Å². The van der Waals surface area contributed by atoms with Gasteiger partial charge in [-0.1, -0.05) is 0 Å². The molecule has 0 aliphatic carbocycles. The molecule has 18 heavy (non-hydrogen) atoms. The van der Waals surface area contributed by atoms with Gasteiger partial charge in [-0.3, -0.25) is 4.79 Å². The fourth-order valence-electron chi connectivity index (χ4n) is 1.36. The third kappa shape index (κ3) is 3.21. The van der Waals surface area contributed by atoms with Gasteiger partial charge in [0.05, 0.1) is 13.7 Å². The maximum Gasteiger partial charge on any atom is 0.330 e. The Hall–Kier alpha value is -2.08. The average molecular weight is 253 g/mol. The van der Waals surface area contributed by atoms with Crippen LogP contribution in [0, 0.1) is 6.92 Å². The van der Waals surface area contributed by atoms with Crippen LogP contribution in [0.3, 0.4) is 0 Å². The summed E-state index contributed by atoms with van der Waals surface area (Å²) in [6.45, 7) is 1.10. The molecular weight excluding hydrogens is 238 g/mol. The first kappa shape index (κ1) is 14.0. The number of methoxy groups -OCH3 is 1. The van der Waals surface area contributed by atoms with E-state index in [-0.39, 0.29) is 11.3 Å². The second kappa shape index (κ2) is 6.02. The van der Waals surface area contributed by atoms with E-state index in [9.17, 15) is 14.7 Å². The molecule has 0 spiro atoms.